The van der Waals surface area contributed by atoms with Crippen molar-refractivity contribution in [1.29, 1.82) is 0 Å². The summed E-state index contributed by atoms with van der Waals surface area (Å²) in [7, 11) is -3.35. The van der Waals surface area contributed by atoms with E-state index in [9.17, 15) is 8.42 Å². The van der Waals surface area contributed by atoms with Gasteiger partial charge in [-0.1, -0.05) is 18.2 Å². The second kappa shape index (κ2) is 6.39. The Morgan fingerprint density at radius 1 is 1.30 bits per heavy atom. The molecule has 0 saturated carbocycles. The molecule has 0 amide bonds. The number of thiophene rings is 1. The molecule has 1 unspecified atom stereocenters. The molecule has 1 aromatic carbocycles. The fourth-order valence-corrected chi connectivity index (χ4v) is 4.26. The van der Waals surface area contributed by atoms with Crippen molar-refractivity contribution in [1.82, 2.24) is 4.72 Å². The molecule has 108 valence electrons. The maximum absolute atomic E-state index is 12.1. The first kappa shape index (κ1) is 15.0. The van der Waals surface area contributed by atoms with E-state index in [1.807, 2.05) is 24.4 Å². The topological polar surface area (TPSA) is 72.2 Å². The lowest BCUT2D eigenvalue weighted by molar-refractivity contribution is 0.560. The van der Waals surface area contributed by atoms with Crippen molar-refractivity contribution in [2.75, 3.05) is 5.73 Å². The Bertz CT molecular complexity index is 652. The first-order valence-corrected chi connectivity index (χ1v) is 8.84. The molecule has 0 bridgehead atoms. The largest absolute Gasteiger partial charge is 0.399 e. The van der Waals surface area contributed by atoms with Crippen molar-refractivity contribution in [3.8, 4) is 0 Å². The molecule has 0 aliphatic rings. The van der Waals surface area contributed by atoms with Crippen LogP contribution in [0.5, 0.6) is 0 Å². The first-order valence-electron chi connectivity index (χ1n) is 6.31. The zero-order chi connectivity index (χ0) is 14.6. The van der Waals surface area contributed by atoms with E-state index in [0.29, 0.717) is 17.7 Å². The molecule has 3 N–H and O–H groups in total. The molecule has 0 radical (unpaired) electrons. The van der Waals surface area contributed by atoms with E-state index >= 15 is 0 Å². The summed E-state index contributed by atoms with van der Waals surface area (Å²) in [6, 6.07) is 10.8. The number of nitrogens with one attached hydrogen (secondary N) is 1. The van der Waals surface area contributed by atoms with E-state index in [-0.39, 0.29) is 11.8 Å². The lowest BCUT2D eigenvalue weighted by Crippen LogP contribution is -2.34. The Kier molecular flexibility index (Phi) is 4.80. The molecule has 1 aromatic heterocycles. The van der Waals surface area contributed by atoms with Crippen LogP contribution >= 0.6 is 11.3 Å². The van der Waals surface area contributed by atoms with Gasteiger partial charge in [-0.25, -0.2) is 13.1 Å². The second-order valence-electron chi connectivity index (χ2n) is 4.81. The van der Waals surface area contributed by atoms with Crippen molar-refractivity contribution in [2.45, 2.75) is 25.1 Å². The summed E-state index contributed by atoms with van der Waals surface area (Å²) in [6.45, 7) is 1.87. The van der Waals surface area contributed by atoms with Crippen molar-refractivity contribution in [3.05, 3.63) is 52.2 Å². The van der Waals surface area contributed by atoms with Gasteiger partial charge in [0.2, 0.25) is 10.0 Å². The van der Waals surface area contributed by atoms with Gasteiger partial charge in [0.15, 0.2) is 0 Å². The van der Waals surface area contributed by atoms with Crippen LogP contribution in [0.2, 0.25) is 0 Å². The summed E-state index contributed by atoms with van der Waals surface area (Å²) < 4.78 is 26.9. The lowest BCUT2D eigenvalue weighted by Gasteiger charge is -2.13. The molecule has 6 heteroatoms. The van der Waals surface area contributed by atoms with Gasteiger partial charge in [-0.3, -0.25) is 0 Å². The second-order valence-corrected chi connectivity index (χ2v) is 7.59. The van der Waals surface area contributed by atoms with Crippen LogP contribution < -0.4 is 10.5 Å². The third-order valence-corrected chi connectivity index (χ3v) is 5.15. The van der Waals surface area contributed by atoms with E-state index < -0.39 is 10.0 Å². The Morgan fingerprint density at radius 3 is 2.75 bits per heavy atom. The monoisotopic (exact) mass is 310 g/mol. The van der Waals surface area contributed by atoms with Crippen LogP contribution in [-0.2, 0) is 22.2 Å². The van der Waals surface area contributed by atoms with Gasteiger partial charge in [0.25, 0.3) is 0 Å². The number of anilines is 1. The van der Waals surface area contributed by atoms with Gasteiger partial charge in [0.05, 0.1) is 5.75 Å². The highest BCUT2D eigenvalue weighted by Gasteiger charge is 2.16. The van der Waals surface area contributed by atoms with Gasteiger partial charge >= 0.3 is 0 Å². The van der Waals surface area contributed by atoms with Crippen LogP contribution in [0.15, 0.2) is 41.8 Å². The zero-order valence-corrected chi connectivity index (χ0v) is 12.9. The fourth-order valence-electron chi connectivity index (χ4n) is 2.02. The molecule has 2 rings (SSSR count). The summed E-state index contributed by atoms with van der Waals surface area (Å²) in [6.07, 6.45) is 0.702. The van der Waals surface area contributed by atoms with Crippen LogP contribution in [0.1, 0.15) is 17.4 Å². The third-order valence-electron chi connectivity index (χ3n) is 2.78. The van der Waals surface area contributed by atoms with Crippen LogP contribution in [0.25, 0.3) is 0 Å². The summed E-state index contributed by atoms with van der Waals surface area (Å²) in [4.78, 5) is 1.17. The predicted octanol–water partition coefficient (Wildman–Crippen LogP) is 2.38. The number of hydrogen-bond donors (Lipinski definition) is 2. The highest BCUT2D eigenvalue weighted by atomic mass is 32.2. The van der Waals surface area contributed by atoms with Crippen molar-refractivity contribution in [3.63, 3.8) is 0 Å². The van der Waals surface area contributed by atoms with Crippen molar-refractivity contribution >= 4 is 27.0 Å². The molecule has 20 heavy (non-hydrogen) atoms. The van der Waals surface area contributed by atoms with Gasteiger partial charge in [-0.05, 0) is 42.5 Å². The molecule has 0 spiro atoms. The van der Waals surface area contributed by atoms with Crippen LogP contribution in [0.3, 0.4) is 0 Å². The van der Waals surface area contributed by atoms with Gasteiger partial charge in [0.1, 0.15) is 0 Å². The minimum Gasteiger partial charge on any atom is -0.399 e. The third kappa shape index (κ3) is 4.63. The molecule has 0 saturated heterocycles. The normalized spacial score (nSPS) is 13.2. The van der Waals surface area contributed by atoms with Crippen LogP contribution in [0, 0.1) is 0 Å². The number of nitrogen functional groups attached to an aromatic ring is 1. The average Bonchev–Trinajstić information content (AvgIpc) is 2.79. The Hall–Kier alpha value is -1.37. The fraction of sp³-hybridized carbons (Fsp3) is 0.286. The Morgan fingerprint density at radius 2 is 2.10 bits per heavy atom. The van der Waals surface area contributed by atoms with Crippen molar-refractivity contribution < 1.29 is 8.42 Å². The SMILES string of the molecule is CC(Cc1cccs1)NS(=O)(=O)Cc1cccc(N)c1. The number of hydrogen-bond acceptors (Lipinski definition) is 4. The Balaban J connectivity index is 1.96. The number of benzene rings is 1. The minimum absolute atomic E-state index is 0.0488. The quantitative estimate of drug-likeness (QED) is 0.805. The molecule has 1 atom stereocenters. The highest BCUT2D eigenvalue weighted by molar-refractivity contribution is 7.88. The van der Waals surface area contributed by atoms with Crippen LogP contribution in [-0.4, -0.2) is 14.5 Å². The summed E-state index contributed by atoms with van der Waals surface area (Å²) in [5.41, 5.74) is 6.92. The molecule has 0 aliphatic carbocycles. The number of nitrogens with two attached hydrogens (primary N) is 1. The van der Waals surface area contributed by atoms with Crippen LogP contribution in [0.4, 0.5) is 5.69 Å². The van der Waals surface area contributed by atoms with E-state index in [4.69, 9.17) is 5.73 Å². The standard InChI is InChI=1S/C14H18N2O2S2/c1-11(8-14-6-3-7-19-14)16-20(17,18)10-12-4-2-5-13(15)9-12/h2-7,9,11,16H,8,10,15H2,1H3. The molecular weight excluding hydrogens is 292 g/mol. The van der Waals surface area contributed by atoms with Crippen molar-refractivity contribution in [2.24, 2.45) is 0 Å². The van der Waals surface area contributed by atoms with Gasteiger partial charge < -0.3 is 5.73 Å². The maximum Gasteiger partial charge on any atom is 0.216 e. The summed E-state index contributed by atoms with van der Waals surface area (Å²) in [5, 5.41) is 1.99. The van der Waals surface area contributed by atoms with Gasteiger partial charge in [-0.15, -0.1) is 11.3 Å². The maximum atomic E-state index is 12.1. The molecule has 0 aliphatic heterocycles. The minimum atomic E-state index is -3.35. The summed E-state index contributed by atoms with van der Waals surface area (Å²) in [5.74, 6) is -0.0488. The number of sulfonamides is 1. The van der Waals surface area contributed by atoms with E-state index in [1.54, 1.807) is 35.6 Å². The smallest absolute Gasteiger partial charge is 0.216 e. The van der Waals surface area contributed by atoms with Gasteiger partial charge in [-0.2, -0.15) is 0 Å². The van der Waals surface area contributed by atoms with E-state index in [1.165, 1.54) is 4.88 Å². The number of rotatable bonds is 6. The molecule has 2 aromatic rings. The molecule has 0 fully saturated rings. The zero-order valence-electron chi connectivity index (χ0n) is 11.2. The average molecular weight is 310 g/mol. The Labute approximate surface area is 123 Å². The molecule has 4 nitrogen and oxygen atoms in total. The lowest BCUT2D eigenvalue weighted by atomic mass is 10.2. The molecule has 1 heterocycles. The summed E-state index contributed by atoms with van der Waals surface area (Å²) >= 11 is 1.63. The first-order chi connectivity index (χ1) is 9.44. The highest BCUT2D eigenvalue weighted by Crippen LogP contribution is 2.13. The molecular formula is C14H18N2O2S2. The predicted molar refractivity (Wildman–Crippen MR) is 84.1 cm³/mol. The van der Waals surface area contributed by atoms with E-state index in [2.05, 4.69) is 4.72 Å². The van der Waals surface area contributed by atoms with Gasteiger partial charge in [0, 0.05) is 16.6 Å². The van der Waals surface area contributed by atoms with E-state index in [0.717, 1.165) is 0 Å².